The summed E-state index contributed by atoms with van der Waals surface area (Å²) in [6.45, 7) is 16.8. The van der Waals surface area contributed by atoms with Crippen LogP contribution in [-0.4, -0.2) is 43.0 Å². The quantitative estimate of drug-likeness (QED) is 0.728. The molecular formula is C15H29NO3Si. The van der Waals surface area contributed by atoms with Crippen molar-refractivity contribution in [2.24, 2.45) is 0 Å². The average molecular weight is 299 g/mol. The van der Waals surface area contributed by atoms with Crippen molar-refractivity contribution < 1.29 is 14.3 Å². The molecule has 0 spiro atoms. The summed E-state index contributed by atoms with van der Waals surface area (Å²) >= 11 is 0. The number of carbonyl (C=O) groups excluding carboxylic acids is 1. The minimum Gasteiger partial charge on any atom is -0.444 e. The Morgan fingerprint density at radius 2 is 1.90 bits per heavy atom. The molecule has 0 aromatic carbocycles. The number of nitrogens with zero attached hydrogens (tertiary/aromatic N) is 1. The number of hydrogen-bond acceptors (Lipinski definition) is 3. The normalized spacial score (nSPS) is 23.4. The average Bonchev–Trinajstić information content (AvgIpc) is 2.46. The first-order valence-corrected chi connectivity index (χ1v) is 10.8. The molecule has 0 N–H and O–H groups in total. The lowest BCUT2D eigenvalue weighted by Crippen LogP contribution is -2.49. The van der Waals surface area contributed by atoms with Crippen molar-refractivity contribution in [2.45, 2.75) is 71.6 Å². The highest BCUT2D eigenvalue weighted by atomic mass is 28.3. The van der Waals surface area contributed by atoms with Crippen molar-refractivity contribution >= 4 is 14.2 Å². The molecule has 116 valence electrons. The zero-order chi connectivity index (χ0) is 15.8. The van der Waals surface area contributed by atoms with Gasteiger partial charge < -0.3 is 9.47 Å². The molecule has 0 saturated carbocycles. The first-order valence-electron chi connectivity index (χ1n) is 7.17. The molecule has 5 heteroatoms. The summed E-state index contributed by atoms with van der Waals surface area (Å²) < 4.78 is 11.3. The minimum atomic E-state index is -1.30. The Labute approximate surface area is 124 Å². The highest BCUT2D eigenvalue weighted by Gasteiger charge is 2.44. The predicted octanol–water partition coefficient (Wildman–Crippen LogP) is 3.79. The van der Waals surface area contributed by atoms with Crippen molar-refractivity contribution in [3.8, 4) is 0 Å². The van der Waals surface area contributed by atoms with Crippen molar-refractivity contribution in [3.63, 3.8) is 0 Å². The Balaban J connectivity index is 2.91. The van der Waals surface area contributed by atoms with Crippen LogP contribution in [0.2, 0.25) is 19.6 Å². The van der Waals surface area contributed by atoms with Crippen LogP contribution in [0.3, 0.4) is 0 Å². The van der Waals surface area contributed by atoms with Crippen molar-refractivity contribution in [2.75, 3.05) is 6.61 Å². The van der Waals surface area contributed by atoms with Gasteiger partial charge in [0.05, 0.1) is 20.7 Å². The highest BCUT2D eigenvalue weighted by molar-refractivity contribution is 6.80. The molecule has 20 heavy (non-hydrogen) atoms. The van der Waals surface area contributed by atoms with Gasteiger partial charge in [-0.1, -0.05) is 31.4 Å². The summed E-state index contributed by atoms with van der Waals surface area (Å²) in [5, 5.41) is 0. The van der Waals surface area contributed by atoms with Crippen molar-refractivity contribution in [1.82, 2.24) is 4.90 Å². The van der Waals surface area contributed by atoms with Crippen LogP contribution in [0.5, 0.6) is 0 Å². The second-order valence-corrected chi connectivity index (χ2v) is 13.0. The first-order chi connectivity index (χ1) is 8.82. The summed E-state index contributed by atoms with van der Waals surface area (Å²) in [6.07, 6.45) is 1.79. The maximum absolute atomic E-state index is 12.4. The van der Waals surface area contributed by atoms with Crippen LogP contribution in [-0.2, 0) is 9.47 Å². The van der Waals surface area contributed by atoms with Gasteiger partial charge in [-0.2, -0.15) is 0 Å². The standard InChI is InChI=1S/C15H29NO3Si/c1-14(2,3)19-13(17)16-12(9-10-20(6,7)8)11-18-15(16,4)5/h9-10,12H,11H2,1-8H3/t12-/m1/s1. The Morgan fingerprint density at radius 3 is 2.35 bits per heavy atom. The van der Waals surface area contributed by atoms with E-state index in [4.69, 9.17) is 9.47 Å². The van der Waals surface area contributed by atoms with E-state index in [-0.39, 0.29) is 12.1 Å². The molecule has 0 bridgehead atoms. The fraction of sp³-hybridized carbons (Fsp3) is 0.800. The maximum atomic E-state index is 12.4. The Morgan fingerprint density at radius 1 is 1.35 bits per heavy atom. The molecule has 0 aliphatic carbocycles. The van der Waals surface area contributed by atoms with Gasteiger partial charge >= 0.3 is 6.09 Å². The van der Waals surface area contributed by atoms with Crippen LogP contribution in [0, 0.1) is 0 Å². The van der Waals surface area contributed by atoms with E-state index < -0.39 is 19.4 Å². The summed E-state index contributed by atoms with van der Waals surface area (Å²) in [5.74, 6) is 0. The molecule has 0 unspecified atom stereocenters. The number of carbonyl (C=O) groups is 1. The topological polar surface area (TPSA) is 38.8 Å². The first kappa shape index (κ1) is 17.2. The SMILES string of the molecule is CC(C)(C)OC(=O)N1[C@H](C=C[Si](C)(C)C)COC1(C)C. The lowest BCUT2D eigenvalue weighted by molar-refractivity contribution is -0.0610. The number of amides is 1. The molecule has 1 aliphatic rings. The third-order valence-corrected chi connectivity index (χ3v) is 4.12. The Hall–Kier alpha value is -0.813. The van der Waals surface area contributed by atoms with Crippen LogP contribution in [0.4, 0.5) is 4.79 Å². The van der Waals surface area contributed by atoms with Crippen LogP contribution < -0.4 is 0 Å². The lowest BCUT2D eigenvalue weighted by atomic mass is 10.2. The summed E-state index contributed by atoms with van der Waals surface area (Å²) in [7, 11) is -1.30. The van der Waals surface area contributed by atoms with Gasteiger partial charge in [0.2, 0.25) is 0 Å². The minimum absolute atomic E-state index is 0.0495. The fourth-order valence-electron chi connectivity index (χ4n) is 2.04. The van der Waals surface area contributed by atoms with E-state index in [1.165, 1.54) is 0 Å². The molecule has 0 aromatic heterocycles. The number of hydrogen-bond donors (Lipinski definition) is 0. The van der Waals surface area contributed by atoms with Gasteiger partial charge in [-0.3, -0.25) is 4.90 Å². The fourth-order valence-corrected chi connectivity index (χ4v) is 2.84. The van der Waals surface area contributed by atoms with Crippen molar-refractivity contribution in [3.05, 3.63) is 11.8 Å². The van der Waals surface area contributed by atoms with E-state index in [0.29, 0.717) is 6.61 Å². The van der Waals surface area contributed by atoms with Crippen LogP contribution in [0.25, 0.3) is 0 Å². The molecule has 1 saturated heterocycles. The van der Waals surface area contributed by atoms with Gasteiger partial charge in [0.25, 0.3) is 0 Å². The lowest BCUT2D eigenvalue weighted by Gasteiger charge is -2.34. The van der Waals surface area contributed by atoms with Gasteiger partial charge in [0, 0.05) is 0 Å². The van der Waals surface area contributed by atoms with Gasteiger partial charge in [-0.05, 0) is 34.6 Å². The summed E-state index contributed by atoms with van der Waals surface area (Å²) in [6, 6.07) is -0.0495. The van der Waals surface area contributed by atoms with Gasteiger partial charge in [-0.25, -0.2) is 4.79 Å². The molecule has 1 atom stereocenters. The van der Waals surface area contributed by atoms with Crippen LogP contribution >= 0.6 is 0 Å². The van der Waals surface area contributed by atoms with Gasteiger partial charge in [0.1, 0.15) is 11.3 Å². The third kappa shape index (κ3) is 4.94. The second-order valence-electron chi connectivity index (χ2n) is 7.90. The van der Waals surface area contributed by atoms with E-state index in [0.717, 1.165) is 0 Å². The predicted molar refractivity (Wildman–Crippen MR) is 84.4 cm³/mol. The molecule has 1 amide bonds. The zero-order valence-electron chi connectivity index (χ0n) is 14.1. The van der Waals surface area contributed by atoms with Gasteiger partial charge in [0.15, 0.2) is 0 Å². The second kappa shape index (κ2) is 5.52. The molecule has 1 aliphatic heterocycles. The molecule has 1 heterocycles. The molecule has 1 rings (SSSR count). The van der Waals surface area contributed by atoms with Crippen LogP contribution in [0.15, 0.2) is 11.8 Å². The molecule has 1 fully saturated rings. The zero-order valence-corrected chi connectivity index (χ0v) is 15.1. The number of ether oxygens (including phenoxy) is 2. The summed E-state index contributed by atoms with van der Waals surface area (Å²) in [4.78, 5) is 14.1. The monoisotopic (exact) mass is 299 g/mol. The van der Waals surface area contributed by atoms with Gasteiger partial charge in [-0.15, -0.1) is 0 Å². The smallest absolute Gasteiger partial charge is 0.413 e. The highest BCUT2D eigenvalue weighted by Crippen LogP contribution is 2.30. The summed E-state index contributed by atoms with van der Waals surface area (Å²) in [5.41, 5.74) is 1.12. The number of rotatable bonds is 2. The maximum Gasteiger partial charge on any atom is 0.413 e. The van der Waals surface area contributed by atoms with E-state index in [1.54, 1.807) is 4.90 Å². The molecule has 0 radical (unpaired) electrons. The molecule has 4 nitrogen and oxygen atoms in total. The largest absolute Gasteiger partial charge is 0.444 e. The van der Waals surface area contributed by atoms with E-state index in [2.05, 4.69) is 31.4 Å². The van der Waals surface area contributed by atoms with Crippen LogP contribution in [0.1, 0.15) is 34.6 Å². The molecular weight excluding hydrogens is 270 g/mol. The third-order valence-electron chi connectivity index (χ3n) is 2.93. The van der Waals surface area contributed by atoms with E-state index in [9.17, 15) is 4.79 Å². The van der Waals surface area contributed by atoms with E-state index in [1.807, 2.05) is 34.6 Å². The Kier molecular flexibility index (Phi) is 4.76. The van der Waals surface area contributed by atoms with E-state index >= 15 is 0 Å². The Bertz CT molecular complexity index is 391. The van der Waals surface area contributed by atoms with Crippen molar-refractivity contribution in [1.29, 1.82) is 0 Å². The molecule has 0 aromatic rings.